The van der Waals surface area contributed by atoms with Crippen LogP contribution in [0.2, 0.25) is 0 Å². The number of aryl methyl sites for hydroxylation is 1. The molecule has 3 rings (SSSR count). The van der Waals surface area contributed by atoms with Crippen LogP contribution >= 0.6 is 0 Å². The molecular formula is C16H19NO. The number of hydrogen-bond donors (Lipinski definition) is 0. The minimum absolute atomic E-state index is 0.491. The van der Waals surface area contributed by atoms with Gasteiger partial charge in [-0.1, -0.05) is 18.2 Å². The first-order valence-corrected chi connectivity index (χ1v) is 6.55. The van der Waals surface area contributed by atoms with Gasteiger partial charge in [0.25, 0.3) is 0 Å². The summed E-state index contributed by atoms with van der Waals surface area (Å²) in [5.41, 5.74) is 4.16. The van der Waals surface area contributed by atoms with Crippen LogP contribution in [0.3, 0.4) is 0 Å². The number of furan rings is 1. The third-order valence-corrected chi connectivity index (χ3v) is 4.04. The molecule has 1 aromatic carbocycles. The van der Waals surface area contributed by atoms with Crippen LogP contribution in [0.5, 0.6) is 0 Å². The number of likely N-dealkylation sites (N-methyl/N-ethyl adjacent to an activating group) is 1. The molecule has 0 aliphatic carbocycles. The van der Waals surface area contributed by atoms with Gasteiger partial charge in [-0.2, -0.15) is 0 Å². The van der Waals surface area contributed by atoms with E-state index in [4.69, 9.17) is 4.42 Å². The fourth-order valence-electron chi connectivity index (χ4n) is 2.80. The van der Waals surface area contributed by atoms with Crippen LogP contribution < -0.4 is 0 Å². The molecule has 0 fully saturated rings. The van der Waals surface area contributed by atoms with E-state index in [0.29, 0.717) is 6.04 Å². The highest BCUT2D eigenvalue weighted by Crippen LogP contribution is 2.35. The number of fused-ring (bicyclic) bond motifs is 1. The van der Waals surface area contributed by atoms with Crippen LogP contribution in [0.15, 0.2) is 34.7 Å². The zero-order chi connectivity index (χ0) is 12.7. The average Bonchev–Trinajstić information content (AvgIpc) is 2.80. The highest BCUT2D eigenvalue weighted by molar-refractivity contribution is 5.65. The van der Waals surface area contributed by atoms with Crippen LogP contribution in [0, 0.1) is 6.92 Å². The Morgan fingerprint density at radius 2 is 2.06 bits per heavy atom. The molecule has 2 aromatic rings. The van der Waals surface area contributed by atoms with E-state index in [1.165, 1.54) is 16.7 Å². The quantitative estimate of drug-likeness (QED) is 0.755. The van der Waals surface area contributed by atoms with Gasteiger partial charge in [0.05, 0.1) is 0 Å². The van der Waals surface area contributed by atoms with Gasteiger partial charge in [0.15, 0.2) is 0 Å². The smallest absolute Gasteiger partial charge is 0.134 e. The Morgan fingerprint density at radius 3 is 2.78 bits per heavy atom. The van der Waals surface area contributed by atoms with Crippen molar-refractivity contribution >= 4 is 0 Å². The molecule has 2 nitrogen and oxygen atoms in total. The third-order valence-electron chi connectivity index (χ3n) is 4.04. The highest BCUT2D eigenvalue weighted by Gasteiger charge is 2.23. The molecule has 1 aliphatic rings. The molecule has 0 spiro atoms. The molecule has 0 saturated heterocycles. The van der Waals surface area contributed by atoms with Crippen molar-refractivity contribution in [2.75, 3.05) is 13.6 Å². The lowest BCUT2D eigenvalue weighted by molar-refractivity contribution is 0.248. The van der Waals surface area contributed by atoms with Crippen LogP contribution in [-0.2, 0) is 6.42 Å². The van der Waals surface area contributed by atoms with Gasteiger partial charge in [-0.25, -0.2) is 0 Å². The summed E-state index contributed by atoms with van der Waals surface area (Å²) in [6.07, 6.45) is 1.10. The van der Waals surface area contributed by atoms with E-state index in [-0.39, 0.29) is 0 Å². The van der Waals surface area contributed by atoms with Crippen molar-refractivity contribution in [2.45, 2.75) is 26.3 Å². The van der Waals surface area contributed by atoms with Crippen LogP contribution in [0.25, 0.3) is 11.3 Å². The molecular weight excluding hydrogens is 222 g/mol. The predicted octanol–water partition coefficient (Wildman–Crippen LogP) is 3.80. The Morgan fingerprint density at radius 1 is 1.22 bits per heavy atom. The number of rotatable bonds is 1. The average molecular weight is 241 g/mol. The van der Waals surface area contributed by atoms with Crippen molar-refractivity contribution in [3.8, 4) is 11.3 Å². The minimum atomic E-state index is 0.491. The highest BCUT2D eigenvalue weighted by atomic mass is 16.3. The maximum absolute atomic E-state index is 5.78. The van der Waals surface area contributed by atoms with Gasteiger partial charge in [-0.15, -0.1) is 0 Å². The van der Waals surface area contributed by atoms with Crippen molar-refractivity contribution < 1.29 is 4.42 Å². The lowest BCUT2D eigenvalue weighted by Gasteiger charge is -2.33. The minimum Gasteiger partial charge on any atom is -0.461 e. The maximum atomic E-state index is 5.78. The first kappa shape index (κ1) is 11.5. The summed E-state index contributed by atoms with van der Waals surface area (Å²) < 4.78 is 5.78. The molecule has 18 heavy (non-hydrogen) atoms. The predicted molar refractivity (Wildman–Crippen MR) is 73.6 cm³/mol. The molecule has 1 atom stereocenters. The van der Waals surface area contributed by atoms with Gasteiger partial charge in [0.1, 0.15) is 11.5 Å². The van der Waals surface area contributed by atoms with Crippen LogP contribution in [-0.4, -0.2) is 18.5 Å². The molecule has 0 radical (unpaired) electrons. The fraction of sp³-hybridized carbons (Fsp3) is 0.375. The van der Waals surface area contributed by atoms with Gasteiger partial charge >= 0.3 is 0 Å². The summed E-state index contributed by atoms with van der Waals surface area (Å²) in [5.74, 6) is 1.98. The molecule has 1 aromatic heterocycles. The van der Waals surface area contributed by atoms with Crippen molar-refractivity contribution in [1.29, 1.82) is 0 Å². The Bertz CT molecular complexity index is 570. The largest absolute Gasteiger partial charge is 0.461 e. The van der Waals surface area contributed by atoms with Crippen molar-refractivity contribution in [1.82, 2.24) is 4.90 Å². The standard InChI is InChI=1S/C16H19NO/c1-11-7-8-16(18-11)15-6-4-5-13-12(2)17(3)10-9-14(13)15/h4-8,12H,9-10H2,1-3H3. The molecule has 0 saturated carbocycles. The molecule has 0 bridgehead atoms. The molecule has 94 valence electrons. The van der Waals surface area contributed by atoms with Gasteiger partial charge in [-0.3, -0.25) is 4.90 Å². The van der Waals surface area contributed by atoms with Gasteiger partial charge in [0.2, 0.25) is 0 Å². The molecule has 0 amide bonds. The number of hydrogen-bond acceptors (Lipinski definition) is 2. The lowest BCUT2D eigenvalue weighted by Crippen LogP contribution is -2.30. The Kier molecular flexibility index (Phi) is 2.75. The number of benzene rings is 1. The molecule has 0 N–H and O–H groups in total. The van der Waals surface area contributed by atoms with Crippen molar-refractivity contribution in [3.63, 3.8) is 0 Å². The normalized spacial score (nSPS) is 19.8. The second-order valence-corrected chi connectivity index (χ2v) is 5.19. The van der Waals surface area contributed by atoms with E-state index in [9.17, 15) is 0 Å². The summed E-state index contributed by atoms with van der Waals surface area (Å²) in [6, 6.07) is 11.2. The summed E-state index contributed by atoms with van der Waals surface area (Å²) in [5, 5.41) is 0. The van der Waals surface area contributed by atoms with Crippen molar-refractivity contribution in [3.05, 3.63) is 47.2 Å². The molecule has 1 unspecified atom stereocenters. The van der Waals surface area contributed by atoms with Gasteiger partial charge in [0, 0.05) is 18.2 Å². The second-order valence-electron chi connectivity index (χ2n) is 5.19. The van der Waals surface area contributed by atoms with Crippen LogP contribution in [0.4, 0.5) is 0 Å². The van der Waals surface area contributed by atoms with Crippen molar-refractivity contribution in [2.24, 2.45) is 0 Å². The van der Waals surface area contributed by atoms with E-state index in [2.05, 4.69) is 43.1 Å². The number of nitrogens with zero attached hydrogens (tertiary/aromatic N) is 1. The maximum Gasteiger partial charge on any atom is 0.134 e. The van der Waals surface area contributed by atoms with Gasteiger partial charge in [-0.05, 0) is 50.6 Å². The van der Waals surface area contributed by atoms with E-state index >= 15 is 0 Å². The van der Waals surface area contributed by atoms with E-state index in [1.54, 1.807) is 0 Å². The zero-order valence-corrected chi connectivity index (χ0v) is 11.2. The van der Waals surface area contributed by atoms with Crippen LogP contribution in [0.1, 0.15) is 29.9 Å². The van der Waals surface area contributed by atoms with Gasteiger partial charge < -0.3 is 4.42 Å². The second kappa shape index (κ2) is 4.29. The summed E-state index contributed by atoms with van der Waals surface area (Å²) in [4.78, 5) is 2.40. The first-order valence-electron chi connectivity index (χ1n) is 6.55. The monoisotopic (exact) mass is 241 g/mol. The SMILES string of the molecule is Cc1ccc(-c2cccc3c2CCN(C)C3C)o1. The summed E-state index contributed by atoms with van der Waals surface area (Å²) in [7, 11) is 2.19. The lowest BCUT2D eigenvalue weighted by atomic mass is 9.89. The Balaban J connectivity index is 2.13. The topological polar surface area (TPSA) is 16.4 Å². The first-order chi connectivity index (χ1) is 8.66. The molecule has 1 aliphatic heterocycles. The Labute approximate surface area is 108 Å². The van der Waals surface area contributed by atoms with E-state index in [0.717, 1.165) is 24.5 Å². The fourth-order valence-corrected chi connectivity index (χ4v) is 2.80. The van der Waals surface area contributed by atoms with E-state index < -0.39 is 0 Å². The molecule has 2 heteroatoms. The van der Waals surface area contributed by atoms with E-state index in [1.807, 2.05) is 13.0 Å². The summed E-state index contributed by atoms with van der Waals surface area (Å²) >= 11 is 0. The third kappa shape index (κ3) is 1.77. The molecule has 2 heterocycles. The zero-order valence-electron chi connectivity index (χ0n) is 11.2. The summed E-state index contributed by atoms with van der Waals surface area (Å²) in [6.45, 7) is 5.38. The Hall–Kier alpha value is -1.54.